The second-order valence-electron chi connectivity index (χ2n) is 5.13. The van der Waals surface area contributed by atoms with Crippen LogP contribution in [0, 0.1) is 12.7 Å². The lowest BCUT2D eigenvalue weighted by Gasteiger charge is -2.10. The van der Waals surface area contributed by atoms with Gasteiger partial charge in [-0.15, -0.1) is 0 Å². The average molecular weight is 261 g/mol. The summed E-state index contributed by atoms with van der Waals surface area (Å²) in [7, 11) is 0. The van der Waals surface area contributed by atoms with Gasteiger partial charge in [-0.2, -0.15) is 0 Å². The SMILES string of the molecule is Cc1c(C(=O)NC2CCCC2)oc2c(F)cccc12. The van der Waals surface area contributed by atoms with Crippen LogP contribution >= 0.6 is 0 Å². The maximum atomic E-state index is 13.6. The number of rotatable bonds is 2. The molecule has 0 aliphatic heterocycles. The van der Waals surface area contributed by atoms with Crippen LogP contribution in [-0.4, -0.2) is 11.9 Å². The van der Waals surface area contributed by atoms with Gasteiger partial charge in [-0.1, -0.05) is 25.0 Å². The third-order valence-electron chi connectivity index (χ3n) is 3.81. The molecule has 3 rings (SSSR count). The summed E-state index contributed by atoms with van der Waals surface area (Å²) < 4.78 is 19.0. The molecular formula is C15H16FNO2. The van der Waals surface area contributed by atoms with Gasteiger partial charge in [0.15, 0.2) is 17.2 Å². The van der Waals surface area contributed by atoms with Gasteiger partial charge in [-0.25, -0.2) is 4.39 Å². The molecule has 0 spiro atoms. The number of benzene rings is 1. The van der Waals surface area contributed by atoms with Gasteiger partial charge in [0.1, 0.15) is 0 Å². The van der Waals surface area contributed by atoms with Crippen molar-refractivity contribution < 1.29 is 13.6 Å². The first-order valence-electron chi connectivity index (χ1n) is 6.65. The van der Waals surface area contributed by atoms with Crippen LogP contribution in [0.2, 0.25) is 0 Å². The lowest BCUT2D eigenvalue weighted by atomic mass is 10.1. The number of furan rings is 1. The molecule has 2 aromatic rings. The minimum absolute atomic E-state index is 0.163. The third-order valence-corrected chi connectivity index (χ3v) is 3.81. The number of nitrogens with one attached hydrogen (secondary N) is 1. The summed E-state index contributed by atoms with van der Waals surface area (Å²) in [5.74, 6) is -0.437. The minimum Gasteiger partial charge on any atom is -0.448 e. The van der Waals surface area contributed by atoms with Crippen LogP contribution < -0.4 is 5.32 Å². The Morgan fingerprint density at radius 1 is 1.37 bits per heavy atom. The summed E-state index contributed by atoms with van der Waals surface area (Å²) >= 11 is 0. The van der Waals surface area contributed by atoms with Crippen molar-refractivity contribution in [1.29, 1.82) is 0 Å². The number of carbonyl (C=O) groups excluding carboxylic acids is 1. The number of carbonyl (C=O) groups is 1. The van der Waals surface area contributed by atoms with Gasteiger partial charge in [0.05, 0.1) is 0 Å². The summed E-state index contributed by atoms with van der Waals surface area (Å²) in [6.07, 6.45) is 4.33. The normalized spacial score (nSPS) is 16.1. The molecule has 0 radical (unpaired) electrons. The molecule has 1 aliphatic rings. The fourth-order valence-electron chi connectivity index (χ4n) is 2.75. The number of hydrogen-bond acceptors (Lipinski definition) is 2. The molecule has 1 aliphatic carbocycles. The van der Waals surface area contributed by atoms with Crippen LogP contribution in [0.1, 0.15) is 41.8 Å². The van der Waals surface area contributed by atoms with Crippen LogP contribution in [0.25, 0.3) is 11.0 Å². The van der Waals surface area contributed by atoms with Crippen LogP contribution in [0.4, 0.5) is 4.39 Å². The van der Waals surface area contributed by atoms with Gasteiger partial charge in [0, 0.05) is 17.0 Å². The Labute approximate surface area is 110 Å². The van der Waals surface area contributed by atoms with Crippen LogP contribution in [0.15, 0.2) is 22.6 Å². The van der Waals surface area contributed by atoms with Crippen molar-refractivity contribution in [2.75, 3.05) is 0 Å². The quantitative estimate of drug-likeness (QED) is 0.898. The molecule has 0 bridgehead atoms. The Bertz CT molecular complexity index is 626. The second kappa shape index (κ2) is 4.68. The number of amides is 1. The van der Waals surface area contributed by atoms with Crippen LogP contribution in [-0.2, 0) is 0 Å². The zero-order valence-electron chi connectivity index (χ0n) is 10.8. The monoisotopic (exact) mass is 261 g/mol. The predicted octanol–water partition coefficient (Wildman–Crippen LogP) is 3.55. The average Bonchev–Trinajstić information content (AvgIpc) is 2.99. The Hall–Kier alpha value is -1.84. The Morgan fingerprint density at radius 3 is 2.79 bits per heavy atom. The van der Waals surface area contributed by atoms with Gasteiger partial charge in [-0.05, 0) is 25.8 Å². The van der Waals surface area contributed by atoms with E-state index >= 15 is 0 Å². The van der Waals surface area contributed by atoms with E-state index in [1.165, 1.54) is 6.07 Å². The largest absolute Gasteiger partial charge is 0.448 e. The highest BCUT2D eigenvalue weighted by Crippen LogP contribution is 2.27. The maximum absolute atomic E-state index is 13.6. The van der Waals surface area contributed by atoms with E-state index in [9.17, 15) is 9.18 Å². The molecule has 3 nitrogen and oxygen atoms in total. The van der Waals surface area contributed by atoms with E-state index in [0.29, 0.717) is 10.9 Å². The van der Waals surface area contributed by atoms with Crippen molar-refractivity contribution in [2.24, 2.45) is 0 Å². The molecule has 19 heavy (non-hydrogen) atoms. The zero-order chi connectivity index (χ0) is 13.4. The van der Waals surface area contributed by atoms with Crippen molar-refractivity contribution in [3.8, 4) is 0 Å². The molecule has 1 amide bonds. The number of halogens is 1. The first kappa shape index (κ1) is 12.2. The minimum atomic E-state index is -0.430. The van der Waals surface area contributed by atoms with Gasteiger partial charge in [0.2, 0.25) is 0 Å². The molecule has 1 fully saturated rings. The highest BCUT2D eigenvalue weighted by Gasteiger charge is 2.23. The van der Waals surface area contributed by atoms with Gasteiger partial charge in [-0.3, -0.25) is 4.79 Å². The maximum Gasteiger partial charge on any atom is 0.287 e. The summed E-state index contributed by atoms with van der Waals surface area (Å²) in [5, 5.41) is 3.62. The molecule has 0 saturated heterocycles. The molecule has 1 aromatic carbocycles. The second-order valence-corrected chi connectivity index (χ2v) is 5.13. The molecule has 0 unspecified atom stereocenters. The lowest BCUT2D eigenvalue weighted by molar-refractivity contribution is 0.0911. The number of aryl methyl sites for hydroxylation is 1. The molecule has 1 saturated carbocycles. The Morgan fingerprint density at radius 2 is 2.11 bits per heavy atom. The Balaban J connectivity index is 1.93. The molecule has 4 heteroatoms. The standard InChI is InChI=1S/C15H16FNO2/c1-9-11-7-4-8-12(16)14(11)19-13(9)15(18)17-10-5-2-3-6-10/h4,7-8,10H,2-3,5-6H2,1H3,(H,17,18). The van der Waals surface area contributed by atoms with Crippen molar-refractivity contribution in [3.05, 3.63) is 35.3 Å². The lowest BCUT2D eigenvalue weighted by Crippen LogP contribution is -2.32. The van der Waals surface area contributed by atoms with E-state index in [0.717, 1.165) is 25.7 Å². The van der Waals surface area contributed by atoms with E-state index < -0.39 is 5.82 Å². The predicted molar refractivity (Wildman–Crippen MR) is 70.6 cm³/mol. The van der Waals surface area contributed by atoms with E-state index in [1.54, 1.807) is 19.1 Å². The molecule has 1 heterocycles. The molecular weight excluding hydrogens is 245 g/mol. The molecule has 1 N–H and O–H groups in total. The van der Waals surface area contributed by atoms with Crippen LogP contribution in [0.5, 0.6) is 0 Å². The number of para-hydroxylation sites is 1. The fourth-order valence-corrected chi connectivity index (χ4v) is 2.75. The van der Waals surface area contributed by atoms with Crippen molar-refractivity contribution in [2.45, 2.75) is 38.6 Å². The summed E-state index contributed by atoms with van der Waals surface area (Å²) in [5.41, 5.74) is 0.863. The van der Waals surface area contributed by atoms with Crippen molar-refractivity contribution >= 4 is 16.9 Å². The van der Waals surface area contributed by atoms with Gasteiger partial charge in [0.25, 0.3) is 5.91 Å². The van der Waals surface area contributed by atoms with E-state index in [1.807, 2.05) is 0 Å². The van der Waals surface area contributed by atoms with Crippen LogP contribution in [0.3, 0.4) is 0 Å². The van der Waals surface area contributed by atoms with E-state index in [-0.39, 0.29) is 23.3 Å². The smallest absolute Gasteiger partial charge is 0.287 e. The van der Waals surface area contributed by atoms with E-state index in [2.05, 4.69) is 5.32 Å². The van der Waals surface area contributed by atoms with Crippen molar-refractivity contribution in [3.63, 3.8) is 0 Å². The summed E-state index contributed by atoms with van der Waals surface area (Å²) in [6.45, 7) is 1.79. The van der Waals surface area contributed by atoms with Crippen molar-refractivity contribution in [1.82, 2.24) is 5.32 Å². The Kier molecular flexibility index (Phi) is 3.01. The first-order valence-corrected chi connectivity index (χ1v) is 6.65. The topological polar surface area (TPSA) is 42.2 Å². The zero-order valence-corrected chi connectivity index (χ0v) is 10.8. The highest BCUT2D eigenvalue weighted by atomic mass is 19.1. The summed E-state index contributed by atoms with van der Waals surface area (Å²) in [6, 6.07) is 4.96. The van der Waals surface area contributed by atoms with Gasteiger partial charge >= 0.3 is 0 Å². The molecule has 1 aromatic heterocycles. The first-order chi connectivity index (χ1) is 9.16. The molecule has 0 atom stereocenters. The third kappa shape index (κ3) is 2.11. The number of fused-ring (bicyclic) bond motifs is 1. The number of hydrogen-bond donors (Lipinski definition) is 1. The molecule has 100 valence electrons. The van der Waals surface area contributed by atoms with E-state index in [4.69, 9.17) is 4.42 Å². The van der Waals surface area contributed by atoms with Gasteiger partial charge < -0.3 is 9.73 Å². The summed E-state index contributed by atoms with van der Waals surface area (Å²) in [4.78, 5) is 12.2. The fraction of sp³-hybridized carbons (Fsp3) is 0.400. The highest BCUT2D eigenvalue weighted by molar-refractivity contribution is 5.99.